The SMILES string of the molecule is CC(C)NC(c1cc(Br)cs1)c1nccs1. The lowest BCUT2D eigenvalue weighted by Crippen LogP contribution is -2.28. The minimum atomic E-state index is 0.219. The second kappa shape index (κ2) is 5.40. The number of hydrogen-bond acceptors (Lipinski definition) is 4. The highest BCUT2D eigenvalue weighted by Gasteiger charge is 2.18. The number of aromatic nitrogens is 1. The van der Waals surface area contributed by atoms with Crippen LogP contribution in [-0.2, 0) is 0 Å². The Morgan fingerprint density at radius 2 is 2.19 bits per heavy atom. The van der Waals surface area contributed by atoms with Crippen molar-refractivity contribution in [1.82, 2.24) is 10.3 Å². The number of halogens is 1. The Morgan fingerprint density at radius 3 is 2.69 bits per heavy atom. The number of nitrogens with one attached hydrogen (secondary N) is 1. The summed E-state index contributed by atoms with van der Waals surface area (Å²) in [7, 11) is 0. The van der Waals surface area contributed by atoms with Gasteiger partial charge in [-0.2, -0.15) is 0 Å². The highest BCUT2D eigenvalue weighted by Crippen LogP contribution is 2.31. The number of thiazole rings is 1. The van der Waals surface area contributed by atoms with Gasteiger partial charge in [-0.05, 0) is 35.8 Å². The smallest absolute Gasteiger partial charge is 0.115 e. The van der Waals surface area contributed by atoms with Gasteiger partial charge in [0.1, 0.15) is 5.01 Å². The van der Waals surface area contributed by atoms with Crippen molar-refractivity contribution in [1.29, 1.82) is 0 Å². The molecular formula is C11H13BrN2S2. The molecule has 1 unspecified atom stereocenters. The van der Waals surface area contributed by atoms with Crippen LogP contribution < -0.4 is 5.32 Å². The third-order valence-electron chi connectivity index (χ3n) is 2.07. The van der Waals surface area contributed by atoms with Gasteiger partial charge >= 0.3 is 0 Å². The van der Waals surface area contributed by atoms with Crippen LogP contribution in [0.5, 0.6) is 0 Å². The van der Waals surface area contributed by atoms with Gasteiger partial charge in [0.15, 0.2) is 0 Å². The van der Waals surface area contributed by atoms with E-state index in [4.69, 9.17) is 0 Å². The molecule has 2 aromatic rings. The predicted molar refractivity (Wildman–Crippen MR) is 74.2 cm³/mol. The standard InChI is InChI=1S/C11H13BrN2S2/c1-7(2)14-10(11-13-3-4-15-11)9-5-8(12)6-16-9/h3-7,10,14H,1-2H3. The third kappa shape index (κ3) is 2.91. The third-order valence-corrected chi connectivity index (χ3v) is 4.67. The van der Waals surface area contributed by atoms with E-state index in [1.54, 1.807) is 22.7 Å². The highest BCUT2D eigenvalue weighted by atomic mass is 79.9. The molecule has 0 aliphatic heterocycles. The van der Waals surface area contributed by atoms with Crippen LogP contribution in [0, 0.1) is 0 Å². The predicted octanol–water partition coefficient (Wildman–Crippen LogP) is 4.05. The van der Waals surface area contributed by atoms with E-state index in [0.717, 1.165) is 9.48 Å². The first-order chi connectivity index (χ1) is 7.66. The topological polar surface area (TPSA) is 24.9 Å². The Labute approximate surface area is 112 Å². The fourth-order valence-electron chi connectivity index (χ4n) is 1.47. The molecule has 0 saturated carbocycles. The maximum absolute atomic E-state index is 4.40. The van der Waals surface area contributed by atoms with E-state index in [1.807, 2.05) is 11.6 Å². The molecule has 0 saturated heterocycles. The average molecular weight is 317 g/mol. The fraction of sp³-hybridized carbons (Fsp3) is 0.364. The van der Waals surface area contributed by atoms with Crippen molar-refractivity contribution in [2.24, 2.45) is 0 Å². The minimum Gasteiger partial charge on any atom is -0.301 e. The molecule has 0 spiro atoms. The molecule has 0 aromatic carbocycles. The summed E-state index contributed by atoms with van der Waals surface area (Å²) in [6.45, 7) is 4.31. The molecule has 86 valence electrons. The van der Waals surface area contributed by atoms with E-state index in [0.29, 0.717) is 6.04 Å². The van der Waals surface area contributed by atoms with Crippen LogP contribution in [0.25, 0.3) is 0 Å². The van der Waals surface area contributed by atoms with Crippen LogP contribution in [0.4, 0.5) is 0 Å². The molecule has 0 aliphatic rings. The average Bonchev–Trinajstić information content (AvgIpc) is 2.84. The van der Waals surface area contributed by atoms with Gasteiger partial charge in [-0.1, -0.05) is 0 Å². The fourth-order valence-corrected chi connectivity index (χ4v) is 3.76. The van der Waals surface area contributed by atoms with Gasteiger partial charge in [0.05, 0.1) is 6.04 Å². The summed E-state index contributed by atoms with van der Waals surface area (Å²) >= 11 is 6.95. The first-order valence-corrected chi connectivity index (χ1v) is 7.61. The molecule has 2 aromatic heterocycles. The van der Waals surface area contributed by atoms with Crippen LogP contribution in [0.15, 0.2) is 27.5 Å². The summed E-state index contributed by atoms with van der Waals surface area (Å²) in [5.74, 6) is 0. The van der Waals surface area contributed by atoms with E-state index in [2.05, 4.69) is 51.5 Å². The Kier molecular flexibility index (Phi) is 4.13. The molecule has 1 N–H and O–H groups in total. The van der Waals surface area contributed by atoms with Gasteiger partial charge in [-0.3, -0.25) is 0 Å². The van der Waals surface area contributed by atoms with Crippen LogP contribution >= 0.6 is 38.6 Å². The van der Waals surface area contributed by atoms with Gasteiger partial charge in [0.25, 0.3) is 0 Å². The van der Waals surface area contributed by atoms with Crippen molar-refractivity contribution in [3.63, 3.8) is 0 Å². The van der Waals surface area contributed by atoms with E-state index < -0.39 is 0 Å². The molecule has 0 aliphatic carbocycles. The summed E-state index contributed by atoms with van der Waals surface area (Å²) in [5, 5.41) is 8.81. The maximum atomic E-state index is 4.40. The van der Waals surface area contributed by atoms with Crippen LogP contribution in [0.3, 0.4) is 0 Å². The van der Waals surface area contributed by atoms with Gasteiger partial charge in [-0.25, -0.2) is 4.98 Å². The minimum absolute atomic E-state index is 0.219. The number of nitrogens with zero attached hydrogens (tertiary/aromatic N) is 1. The summed E-state index contributed by atoms with van der Waals surface area (Å²) in [4.78, 5) is 5.70. The molecule has 0 fully saturated rings. The summed E-state index contributed by atoms with van der Waals surface area (Å²) in [6.07, 6.45) is 1.86. The van der Waals surface area contributed by atoms with Crippen molar-refractivity contribution in [3.05, 3.63) is 37.4 Å². The van der Waals surface area contributed by atoms with E-state index in [1.165, 1.54) is 4.88 Å². The maximum Gasteiger partial charge on any atom is 0.115 e. The molecule has 2 rings (SSSR count). The van der Waals surface area contributed by atoms with Gasteiger partial charge in [0, 0.05) is 32.3 Å². The van der Waals surface area contributed by atoms with E-state index >= 15 is 0 Å². The van der Waals surface area contributed by atoms with Crippen LogP contribution in [0.2, 0.25) is 0 Å². The molecule has 1 atom stereocenters. The lowest BCUT2D eigenvalue weighted by molar-refractivity contribution is 0.532. The molecule has 0 bridgehead atoms. The van der Waals surface area contributed by atoms with Crippen molar-refractivity contribution in [2.45, 2.75) is 25.9 Å². The first-order valence-electron chi connectivity index (χ1n) is 5.06. The Bertz CT molecular complexity index is 437. The Balaban J connectivity index is 2.28. The summed E-state index contributed by atoms with van der Waals surface area (Å²) in [6, 6.07) is 2.82. The molecule has 5 heteroatoms. The zero-order chi connectivity index (χ0) is 11.5. The number of rotatable bonds is 4. The van der Waals surface area contributed by atoms with Crippen molar-refractivity contribution < 1.29 is 0 Å². The Hall–Kier alpha value is -0.230. The van der Waals surface area contributed by atoms with Crippen molar-refractivity contribution in [3.8, 4) is 0 Å². The van der Waals surface area contributed by atoms with Gasteiger partial charge in [0.2, 0.25) is 0 Å². The number of hydrogen-bond donors (Lipinski definition) is 1. The molecular weight excluding hydrogens is 304 g/mol. The summed E-state index contributed by atoms with van der Waals surface area (Å²) in [5.41, 5.74) is 0. The molecule has 0 amide bonds. The number of thiophene rings is 1. The highest BCUT2D eigenvalue weighted by molar-refractivity contribution is 9.10. The van der Waals surface area contributed by atoms with Crippen LogP contribution in [0.1, 0.15) is 29.8 Å². The zero-order valence-electron chi connectivity index (χ0n) is 9.11. The second-order valence-electron chi connectivity index (χ2n) is 3.79. The molecule has 2 heterocycles. The Morgan fingerprint density at radius 1 is 1.38 bits per heavy atom. The van der Waals surface area contributed by atoms with Gasteiger partial charge < -0.3 is 5.32 Å². The quantitative estimate of drug-likeness (QED) is 0.920. The first kappa shape index (κ1) is 12.2. The zero-order valence-corrected chi connectivity index (χ0v) is 12.3. The van der Waals surface area contributed by atoms with Crippen LogP contribution in [-0.4, -0.2) is 11.0 Å². The largest absolute Gasteiger partial charge is 0.301 e. The second-order valence-corrected chi connectivity index (χ2v) is 6.58. The van der Waals surface area contributed by atoms with Gasteiger partial charge in [-0.15, -0.1) is 22.7 Å². The molecule has 0 radical (unpaired) electrons. The van der Waals surface area contributed by atoms with E-state index in [9.17, 15) is 0 Å². The lowest BCUT2D eigenvalue weighted by atomic mass is 10.2. The van der Waals surface area contributed by atoms with Crippen molar-refractivity contribution in [2.75, 3.05) is 0 Å². The van der Waals surface area contributed by atoms with Crippen molar-refractivity contribution >= 4 is 38.6 Å². The molecule has 2 nitrogen and oxygen atoms in total. The van der Waals surface area contributed by atoms with E-state index in [-0.39, 0.29) is 6.04 Å². The molecule has 16 heavy (non-hydrogen) atoms. The normalized spacial score (nSPS) is 13.2. The monoisotopic (exact) mass is 316 g/mol. The lowest BCUT2D eigenvalue weighted by Gasteiger charge is -2.17. The summed E-state index contributed by atoms with van der Waals surface area (Å²) < 4.78 is 1.14.